The summed E-state index contributed by atoms with van der Waals surface area (Å²) in [5.41, 5.74) is 13.6. The summed E-state index contributed by atoms with van der Waals surface area (Å²) >= 11 is 0. The van der Waals surface area contributed by atoms with Crippen LogP contribution < -0.4 is 22.0 Å². The van der Waals surface area contributed by atoms with E-state index in [0.29, 0.717) is 71.7 Å². The van der Waals surface area contributed by atoms with E-state index < -0.39 is 17.5 Å². The molecule has 3 aliphatic heterocycles. The Morgan fingerprint density at radius 1 is 1.00 bits per heavy atom. The van der Waals surface area contributed by atoms with E-state index in [1.54, 1.807) is 18.2 Å². The van der Waals surface area contributed by atoms with Gasteiger partial charge in [-0.2, -0.15) is 9.97 Å². The highest BCUT2D eigenvalue weighted by Crippen LogP contribution is 2.41. The van der Waals surface area contributed by atoms with Gasteiger partial charge in [-0.1, -0.05) is 39.2 Å². The van der Waals surface area contributed by atoms with Crippen LogP contribution in [0.1, 0.15) is 101 Å². The minimum absolute atomic E-state index is 0.00394. The Labute approximate surface area is 342 Å². The maximum atomic E-state index is 17.1. The molecule has 1 atom stereocenters. The number of rotatable bonds is 10. The number of halogens is 3. The average Bonchev–Trinajstić information content (AvgIpc) is 3.85. The van der Waals surface area contributed by atoms with Crippen molar-refractivity contribution in [3.63, 3.8) is 0 Å². The van der Waals surface area contributed by atoms with E-state index in [-0.39, 0.29) is 45.1 Å². The molecule has 59 heavy (non-hydrogen) atoms. The number of ether oxygens (including phenoxy) is 1. The van der Waals surface area contributed by atoms with Crippen LogP contribution in [-0.4, -0.2) is 70.3 Å². The van der Waals surface area contributed by atoms with E-state index in [2.05, 4.69) is 25.7 Å². The molecule has 14 heteroatoms. The number of anilines is 2. The maximum Gasteiger partial charge on any atom is 0.519 e. The van der Waals surface area contributed by atoms with E-state index in [0.717, 1.165) is 84.0 Å². The molecule has 0 amide bonds. The number of pyridine rings is 1. The van der Waals surface area contributed by atoms with Crippen LogP contribution in [0.2, 0.25) is 0 Å². The molecule has 2 aromatic carbocycles. The molecule has 11 nitrogen and oxygen atoms in total. The Bertz CT molecular complexity index is 2430. The highest BCUT2D eigenvalue weighted by atomic mass is 19.1. The third-order valence-corrected chi connectivity index (χ3v) is 12.2. The van der Waals surface area contributed by atoms with Gasteiger partial charge >= 0.3 is 11.8 Å². The first-order chi connectivity index (χ1) is 28.3. The van der Waals surface area contributed by atoms with Crippen molar-refractivity contribution in [2.75, 3.05) is 51.4 Å². The summed E-state index contributed by atoms with van der Waals surface area (Å²) < 4.78 is 59.0. The summed E-state index contributed by atoms with van der Waals surface area (Å²) in [6, 6.07) is 6.12. The second-order valence-corrected chi connectivity index (χ2v) is 17.2. The summed E-state index contributed by atoms with van der Waals surface area (Å²) in [5, 5.41) is 1.23. The molecule has 0 radical (unpaired) electrons. The largest absolute Gasteiger partial charge is 0.519 e. The van der Waals surface area contributed by atoms with Crippen LogP contribution in [0.4, 0.5) is 24.7 Å². The average molecular weight is 814 g/mol. The van der Waals surface area contributed by atoms with Gasteiger partial charge in [0.1, 0.15) is 29.5 Å². The Morgan fingerprint density at radius 3 is 2.49 bits per heavy atom. The fourth-order valence-corrected chi connectivity index (χ4v) is 9.57. The van der Waals surface area contributed by atoms with Crippen LogP contribution in [0.15, 0.2) is 37.9 Å². The summed E-state index contributed by atoms with van der Waals surface area (Å²) in [6.45, 7) is 10.7. The zero-order chi connectivity index (χ0) is 42.1. The maximum absolute atomic E-state index is 17.1. The van der Waals surface area contributed by atoms with Gasteiger partial charge in [0.2, 0.25) is 0 Å². The van der Waals surface area contributed by atoms with Crippen molar-refractivity contribution >= 4 is 33.2 Å². The van der Waals surface area contributed by atoms with Crippen molar-refractivity contribution in [2.45, 2.75) is 102 Å². The molecule has 3 fully saturated rings. The lowest BCUT2D eigenvalue weighted by atomic mass is 9.92. The first-order valence-electron chi connectivity index (χ1n) is 20.6. The second-order valence-electron chi connectivity index (χ2n) is 17.2. The van der Waals surface area contributed by atoms with Crippen molar-refractivity contribution in [1.82, 2.24) is 24.8 Å². The van der Waals surface area contributed by atoms with Gasteiger partial charge in [-0.3, -0.25) is 14.2 Å². The molecule has 1 unspecified atom stereocenters. The number of aryl methyl sites for hydroxylation is 1. The zero-order valence-electron chi connectivity index (χ0n) is 34.4. The monoisotopic (exact) mass is 813 g/mol. The summed E-state index contributed by atoms with van der Waals surface area (Å²) in [4.78, 5) is 31.0. The van der Waals surface area contributed by atoms with Crippen LogP contribution in [0, 0.1) is 29.9 Å². The van der Waals surface area contributed by atoms with Crippen LogP contribution in [0.5, 0.6) is 6.01 Å². The van der Waals surface area contributed by atoms with Gasteiger partial charge in [-0.15, -0.1) is 6.42 Å². The van der Waals surface area contributed by atoms with Gasteiger partial charge in [0, 0.05) is 28.6 Å². The van der Waals surface area contributed by atoms with Crippen molar-refractivity contribution in [2.24, 2.45) is 5.92 Å². The Balaban J connectivity index is 0.00000260. The van der Waals surface area contributed by atoms with Crippen molar-refractivity contribution in [3.05, 3.63) is 69.3 Å². The predicted octanol–water partition coefficient (Wildman–Crippen LogP) is 8.33. The van der Waals surface area contributed by atoms with Gasteiger partial charge in [0.05, 0.1) is 35.9 Å². The highest BCUT2D eigenvalue weighted by Gasteiger charge is 2.45. The minimum Gasteiger partial charge on any atom is -0.461 e. The minimum atomic E-state index is -0.742. The van der Waals surface area contributed by atoms with Crippen LogP contribution in [0.25, 0.3) is 32.9 Å². The Morgan fingerprint density at radius 2 is 1.76 bits per heavy atom. The number of nitrogen functional groups attached to an aromatic ring is 2. The molecule has 8 rings (SSSR count). The second kappa shape index (κ2) is 17.2. The Kier molecular flexibility index (Phi) is 12.3. The zero-order valence-corrected chi connectivity index (χ0v) is 34.4. The molecule has 0 saturated carbocycles. The fourth-order valence-electron chi connectivity index (χ4n) is 9.57. The molecule has 5 aromatic rings. The fraction of sp³-hybridized carbons (Fsp3) is 0.511. The molecule has 3 aliphatic rings. The number of alkyl halides is 1. The topological polar surface area (TPSA) is 150 Å². The van der Waals surface area contributed by atoms with E-state index in [4.69, 9.17) is 36.4 Å². The number of nitrogens with zero attached hydrogens (tertiary/aromatic N) is 5. The number of fused-ring (bicyclic) bond motifs is 3. The van der Waals surface area contributed by atoms with Gasteiger partial charge in [0.15, 0.2) is 17.3 Å². The van der Waals surface area contributed by atoms with Crippen LogP contribution >= 0.6 is 0 Å². The van der Waals surface area contributed by atoms with Gasteiger partial charge < -0.3 is 25.0 Å². The van der Waals surface area contributed by atoms with E-state index >= 15 is 8.78 Å². The summed E-state index contributed by atoms with van der Waals surface area (Å²) in [6.07, 6.45) is 15.3. The highest BCUT2D eigenvalue weighted by molar-refractivity contribution is 6.04. The number of hydrogen-bond acceptors (Lipinski definition) is 11. The van der Waals surface area contributed by atoms with E-state index in [9.17, 15) is 9.18 Å². The van der Waals surface area contributed by atoms with E-state index in [1.807, 2.05) is 20.8 Å². The van der Waals surface area contributed by atoms with E-state index in [1.165, 1.54) is 6.07 Å². The van der Waals surface area contributed by atoms with Gasteiger partial charge in [-0.05, 0) is 107 Å². The predicted molar refractivity (Wildman–Crippen MR) is 224 cm³/mol. The molecule has 3 saturated heterocycles. The van der Waals surface area contributed by atoms with Crippen molar-refractivity contribution in [1.29, 1.82) is 0 Å². The molecule has 314 valence electrons. The molecule has 6 heterocycles. The standard InChI is InChI=1S/C44H51F2N7O4.CH3F/c1-5-29-31(45)15-14-27-21-28(47)22-30(34(27)29)37-36(46)38-35(40(48)51-41(50-38)55-25-44-16-9-19-53(44)20-10-17-44)32(49-37)13-8-12-26-11-6-7-18-52(23-26)24-33-39(43(2,3)4)57-42(54)56-33;1-2/h1,14-15,21-22,26H,6-13,16-20,23-25,47H2,2-4H3,(H2,48,50,51);1H3. The summed E-state index contributed by atoms with van der Waals surface area (Å²) in [5.74, 6) is 2.03. The number of aromatic nitrogens is 3. The number of likely N-dealkylation sites (tertiary alicyclic amines) is 1. The lowest BCUT2D eigenvalue weighted by Gasteiger charge is -2.31. The molecule has 0 bridgehead atoms. The van der Waals surface area contributed by atoms with Gasteiger partial charge in [-0.25, -0.2) is 18.6 Å². The smallest absolute Gasteiger partial charge is 0.461 e. The number of benzene rings is 2. The molecule has 0 spiro atoms. The summed E-state index contributed by atoms with van der Waals surface area (Å²) in [7, 11) is 0.500. The quantitative estimate of drug-likeness (QED) is 0.104. The lowest BCUT2D eigenvalue weighted by molar-refractivity contribution is 0.108. The lowest BCUT2D eigenvalue weighted by Crippen LogP contribution is -2.43. The van der Waals surface area contributed by atoms with Gasteiger partial charge in [0.25, 0.3) is 0 Å². The molecular formula is C45H54F3N7O4. The van der Waals surface area contributed by atoms with Crippen LogP contribution in [0.3, 0.4) is 0 Å². The van der Waals surface area contributed by atoms with Crippen molar-refractivity contribution in [3.8, 4) is 29.6 Å². The number of terminal acetylenes is 1. The Hall–Kier alpha value is -5.13. The first kappa shape index (κ1) is 42.0. The molecule has 4 N–H and O–H groups in total. The molecule has 0 aliphatic carbocycles. The third kappa shape index (κ3) is 8.50. The molecular weight excluding hydrogens is 760 g/mol. The number of nitrogens with two attached hydrogens (primary N) is 2. The van der Waals surface area contributed by atoms with Crippen molar-refractivity contribution < 1.29 is 26.7 Å². The molecule has 3 aromatic heterocycles. The third-order valence-electron chi connectivity index (χ3n) is 12.2. The normalized spacial score (nSPS) is 18.4. The van der Waals surface area contributed by atoms with Crippen LogP contribution in [-0.2, 0) is 18.4 Å². The first-order valence-corrected chi connectivity index (χ1v) is 20.6. The SMILES string of the molecule is C#Cc1c(F)ccc2cc(N)cc(-c3nc(CCCC4CCCCN(Cc5oc(=O)oc5C(C)(C)C)C4)c4c(N)nc(OCC56CCCN5CCC6)nc4c3F)c12.CF. The number of hydrogen-bond donors (Lipinski definition) is 2.